The molecule has 24 heavy (non-hydrogen) atoms. The van der Waals surface area contributed by atoms with Gasteiger partial charge in [0.25, 0.3) is 0 Å². The Morgan fingerprint density at radius 3 is 2.67 bits per heavy atom. The SMILES string of the molecule is CC(C)(C)OC(=O)N1CCN(Cc2cc(Br)ccc2F)C2(CC2)C1. The molecule has 0 aromatic heterocycles. The summed E-state index contributed by atoms with van der Waals surface area (Å²) in [5.74, 6) is -0.177. The zero-order chi connectivity index (χ0) is 17.5. The zero-order valence-corrected chi connectivity index (χ0v) is 16.0. The van der Waals surface area contributed by atoms with Crippen LogP contribution in [0.4, 0.5) is 9.18 Å². The molecule has 1 aliphatic heterocycles. The van der Waals surface area contributed by atoms with Crippen molar-refractivity contribution in [3.8, 4) is 0 Å². The van der Waals surface area contributed by atoms with Crippen LogP contribution < -0.4 is 0 Å². The minimum atomic E-state index is -0.482. The first-order valence-electron chi connectivity index (χ1n) is 8.35. The Labute approximate surface area is 151 Å². The summed E-state index contributed by atoms with van der Waals surface area (Å²) in [6.07, 6.45) is 1.84. The highest BCUT2D eigenvalue weighted by Gasteiger charge is 2.52. The molecule has 132 valence electrons. The van der Waals surface area contributed by atoms with Crippen LogP contribution in [0.5, 0.6) is 0 Å². The lowest BCUT2D eigenvalue weighted by atomic mass is 10.1. The monoisotopic (exact) mass is 398 g/mol. The molecule has 0 N–H and O–H groups in total. The Hall–Kier alpha value is -1.14. The second-order valence-corrected chi connectivity index (χ2v) is 8.70. The Balaban J connectivity index is 1.67. The van der Waals surface area contributed by atoms with E-state index in [1.807, 2.05) is 26.8 Å². The molecular formula is C18H24BrFN2O2. The highest BCUT2D eigenvalue weighted by Crippen LogP contribution is 2.45. The minimum absolute atomic E-state index is 0.0100. The Morgan fingerprint density at radius 2 is 2.04 bits per heavy atom. The molecule has 3 rings (SSSR count). The summed E-state index contributed by atoms with van der Waals surface area (Å²) in [6, 6.07) is 5.05. The van der Waals surface area contributed by atoms with Crippen molar-refractivity contribution in [3.63, 3.8) is 0 Å². The number of piperazine rings is 1. The molecular weight excluding hydrogens is 375 g/mol. The van der Waals surface area contributed by atoms with E-state index in [0.717, 1.165) is 23.9 Å². The Kier molecular flexibility index (Phi) is 4.64. The van der Waals surface area contributed by atoms with Gasteiger partial charge in [-0.2, -0.15) is 0 Å². The van der Waals surface area contributed by atoms with Gasteiger partial charge in [-0.1, -0.05) is 15.9 Å². The van der Waals surface area contributed by atoms with Gasteiger partial charge in [0.05, 0.1) is 0 Å². The first-order valence-corrected chi connectivity index (χ1v) is 9.15. The van der Waals surface area contributed by atoms with E-state index in [4.69, 9.17) is 4.74 Å². The number of nitrogens with zero attached hydrogens (tertiary/aromatic N) is 2. The van der Waals surface area contributed by atoms with Crippen molar-refractivity contribution in [1.82, 2.24) is 9.80 Å². The lowest BCUT2D eigenvalue weighted by molar-refractivity contribution is -0.00259. The zero-order valence-electron chi connectivity index (χ0n) is 14.4. The van der Waals surface area contributed by atoms with Gasteiger partial charge in [-0.3, -0.25) is 4.90 Å². The fourth-order valence-corrected chi connectivity index (χ4v) is 3.64. The molecule has 2 fully saturated rings. The van der Waals surface area contributed by atoms with Crippen molar-refractivity contribution >= 4 is 22.0 Å². The van der Waals surface area contributed by atoms with Crippen LogP contribution in [0, 0.1) is 5.82 Å². The lowest BCUT2D eigenvalue weighted by Crippen LogP contribution is -2.56. The van der Waals surface area contributed by atoms with Crippen LogP contribution in [-0.4, -0.2) is 46.7 Å². The molecule has 1 heterocycles. The maximum Gasteiger partial charge on any atom is 0.410 e. The standard InChI is InChI=1S/C18H24BrFN2O2/c1-17(2,3)24-16(23)21-8-9-22(18(12-21)6-7-18)11-13-10-14(19)4-5-15(13)20/h4-5,10H,6-9,11-12H2,1-3H3. The van der Waals surface area contributed by atoms with E-state index < -0.39 is 5.60 Å². The third-order valence-corrected chi connectivity index (χ3v) is 5.14. The van der Waals surface area contributed by atoms with Gasteiger partial charge < -0.3 is 9.64 Å². The highest BCUT2D eigenvalue weighted by molar-refractivity contribution is 9.10. The summed E-state index contributed by atoms with van der Waals surface area (Å²) in [7, 11) is 0. The molecule has 1 saturated carbocycles. The van der Waals surface area contributed by atoms with Crippen molar-refractivity contribution < 1.29 is 13.9 Å². The quantitative estimate of drug-likeness (QED) is 0.748. The second kappa shape index (κ2) is 6.30. The van der Waals surface area contributed by atoms with Crippen LogP contribution in [0.25, 0.3) is 0 Å². The molecule has 1 aliphatic carbocycles. The second-order valence-electron chi connectivity index (χ2n) is 7.78. The van der Waals surface area contributed by atoms with Crippen LogP contribution in [0.3, 0.4) is 0 Å². The molecule has 0 atom stereocenters. The summed E-state index contributed by atoms with van der Waals surface area (Å²) in [5, 5.41) is 0. The van der Waals surface area contributed by atoms with E-state index in [9.17, 15) is 9.18 Å². The number of halogens is 2. The fraction of sp³-hybridized carbons (Fsp3) is 0.611. The van der Waals surface area contributed by atoms with Crippen molar-refractivity contribution in [3.05, 3.63) is 34.1 Å². The largest absolute Gasteiger partial charge is 0.444 e. The molecule has 1 amide bonds. The van der Waals surface area contributed by atoms with E-state index in [1.165, 1.54) is 6.07 Å². The van der Waals surface area contributed by atoms with Gasteiger partial charge in [-0.25, -0.2) is 9.18 Å². The molecule has 4 nitrogen and oxygen atoms in total. The first-order chi connectivity index (χ1) is 11.2. The Morgan fingerprint density at radius 1 is 1.33 bits per heavy atom. The number of hydrogen-bond acceptors (Lipinski definition) is 3. The highest BCUT2D eigenvalue weighted by atomic mass is 79.9. The van der Waals surface area contributed by atoms with Crippen molar-refractivity contribution in [2.75, 3.05) is 19.6 Å². The van der Waals surface area contributed by atoms with E-state index in [0.29, 0.717) is 25.2 Å². The van der Waals surface area contributed by atoms with Gasteiger partial charge in [-0.05, 0) is 51.8 Å². The third kappa shape index (κ3) is 3.91. The summed E-state index contributed by atoms with van der Waals surface area (Å²) >= 11 is 3.41. The van der Waals surface area contributed by atoms with Crippen LogP contribution >= 0.6 is 15.9 Å². The number of benzene rings is 1. The molecule has 0 bridgehead atoms. The molecule has 1 spiro atoms. The number of carbonyl (C=O) groups is 1. The number of rotatable bonds is 2. The van der Waals surface area contributed by atoms with Gasteiger partial charge in [0.1, 0.15) is 11.4 Å². The number of amides is 1. The van der Waals surface area contributed by atoms with Gasteiger partial charge >= 0.3 is 6.09 Å². The lowest BCUT2D eigenvalue weighted by Gasteiger charge is -2.42. The predicted octanol–water partition coefficient (Wildman–Crippen LogP) is 4.17. The van der Waals surface area contributed by atoms with E-state index in [1.54, 1.807) is 11.0 Å². The minimum Gasteiger partial charge on any atom is -0.444 e. The average Bonchev–Trinajstić information content (AvgIpc) is 3.23. The molecule has 1 saturated heterocycles. The van der Waals surface area contributed by atoms with Gasteiger partial charge in [0.2, 0.25) is 0 Å². The third-order valence-electron chi connectivity index (χ3n) is 4.64. The molecule has 1 aromatic carbocycles. The molecule has 0 unspecified atom stereocenters. The van der Waals surface area contributed by atoms with Crippen molar-refractivity contribution in [1.29, 1.82) is 0 Å². The van der Waals surface area contributed by atoms with Crippen LogP contribution in [0.2, 0.25) is 0 Å². The van der Waals surface area contributed by atoms with Gasteiger partial charge in [0, 0.05) is 41.8 Å². The Bertz CT molecular complexity index is 640. The predicted molar refractivity (Wildman–Crippen MR) is 94.3 cm³/mol. The van der Waals surface area contributed by atoms with E-state index >= 15 is 0 Å². The van der Waals surface area contributed by atoms with Crippen LogP contribution in [-0.2, 0) is 11.3 Å². The molecule has 6 heteroatoms. The summed E-state index contributed by atoms with van der Waals surface area (Å²) < 4.78 is 20.4. The fourth-order valence-electron chi connectivity index (χ4n) is 3.23. The number of hydrogen-bond donors (Lipinski definition) is 0. The van der Waals surface area contributed by atoms with Gasteiger partial charge in [0.15, 0.2) is 0 Å². The summed E-state index contributed by atoms with van der Waals surface area (Å²) in [4.78, 5) is 16.4. The number of carbonyl (C=O) groups excluding carboxylic acids is 1. The molecule has 2 aliphatic rings. The van der Waals surface area contributed by atoms with Crippen LogP contribution in [0.15, 0.2) is 22.7 Å². The first kappa shape index (κ1) is 17.7. The maximum atomic E-state index is 14.1. The van der Waals surface area contributed by atoms with Crippen molar-refractivity contribution in [2.45, 2.75) is 51.3 Å². The van der Waals surface area contributed by atoms with Crippen molar-refractivity contribution in [2.24, 2.45) is 0 Å². The maximum absolute atomic E-state index is 14.1. The molecule has 1 aromatic rings. The van der Waals surface area contributed by atoms with Crippen LogP contribution in [0.1, 0.15) is 39.2 Å². The topological polar surface area (TPSA) is 32.8 Å². The normalized spacial score (nSPS) is 20.3. The summed E-state index contributed by atoms with van der Waals surface area (Å²) in [6.45, 7) is 8.24. The van der Waals surface area contributed by atoms with E-state index in [2.05, 4.69) is 20.8 Å². The average molecular weight is 399 g/mol. The van der Waals surface area contributed by atoms with Gasteiger partial charge in [-0.15, -0.1) is 0 Å². The smallest absolute Gasteiger partial charge is 0.410 e. The van der Waals surface area contributed by atoms with E-state index in [-0.39, 0.29) is 17.4 Å². The number of ether oxygens (including phenoxy) is 1. The molecule has 0 radical (unpaired) electrons. The summed E-state index contributed by atoms with van der Waals surface area (Å²) in [5.41, 5.74) is 0.204.